The zero-order chi connectivity index (χ0) is 11.4. The third kappa shape index (κ3) is 2.82. The van der Waals surface area contributed by atoms with Gasteiger partial charge in [0.05, 0.1) is 0 Å². The van der Waals surface area contributed by atoms with Crippen LogP contribution >= 0.6 is 0 Å². The van der Waals surface area contributed by atoms with Crippen molar-refractivity contribution in [1.82, 2.24) is 0 Å². The molecule has 0 amide bonds. The Hall–Kier alpha value is -1.30. The highest BCUT2D eigenvalue weighted by Crippen LogP contribution is 2.24. The molecule has 0 aliphatic rings. The Morgan fingerprint density at radius 1 is 1.07 bits per heavy atom. The average Bonchev–Trinajstić information content (AvgIpc) is 2.27. The van der Waals surface area contributed by atoms with Gasteiger partial charge in [0.25, 0.3) is 0 Å². The molecule has 1 rings (SSSR count). The smallest absolute Gasteiger partial charge is 0.00549 e. The highest BCUT2D eigenvalue weighted by atomic mass is 14.1. The van der Waals surface area contributed by atoms with Crippen LogP contribution in [-0.2, 0) is 0 Å². The lowest BCUT2D eigenvalue weighted by molar-refractivity contribution is 0.859. The molecule has 1 aromatic rings. The highest BCUT2D eigenvalue weighted by molar-refractivity contribution is 5.34. The van der Waals surface area contributed by atoms with E-state index in [4.69, 9.17) is 0 Å². The minimum Gasteiger partial charge on any atom is -0.0988 e. The Morgan fingerprint density at radius 3 is 1.93 bits per heavy atom. The maximum absolute atomic E-state index is 3.99. The highest BCUT2D eigenvalue weighted by Gasteiger charge is 2.07. The van der Waals surface area contributed by atoms with Crippen LogP contribution in [0.2, 0.25) is 0 Å². The Labute approximate surface area is 93.3 Å². The summed E-state index contributed by atoms with van der Waals surface area (Å²) in [4.78, 5) is 0. The molecule has 1 atom stereocenters. The van der Waals surface area contributed by atoms with Gasteiger partial charge in [-0.25, -0.2) is 0 Å². The molecule has 0 nitrogen and oxygen atoms in total. The van der Waals surface area contributed by atoms with Crippen molar-refractivity contribution in [2.45, 2.75) is 32.6 Å². The summed E-state index contributed by atoms with van der Waals surface area (Å²) in [7, 11) is 0. The SMILES string of the molecule is C=CC(=C)C(C)c1ccc(C(C)C)cc1. The summed E-state index contributed by atoms with van der Waals surface area (Å²) in [5, 5.41) is 0. The molecule has 1 aromatic carbocycles. The van der Waals surface area contributed by atoms with Gasteiger partial charge in [0, 0.05) is 5.92 Å². The normalized spacial score (nSPS) is 12.5. The number of benzene rings is 1. The molecule has 15 heavy (non-hydrogen) atoms. The molecule has 0 aromatic heterocycles. The van der Waals surface area contributed by atoms with E-state index in [1.54, 1.807) is 0 Å². The lowest BCUT2D eigenvalue weighted by Gasteiger charge is -2.13. The van der Waals surface area contributed by atoms with Gasteiger partial charge >= 0.3 is 0 Å². The van der Waals surface area contributed by atoms with Crippen molar-refractivity contribution in [3.05, 3.63) is 60.2 Å². The predicted octanol–water partition coefficient (Wildman–Crippen LogP) is 4.66. The van der Waals surface area contributed by atoms with Gasteiger partial charge in [-0.15, -0.1) is 0 Å². The van der Waals surface area contributed by atoms with E-state index in [0.717, 1.165) is 5.57 Å². The third-order valence-corrected chi connectivity index (χ3v) is 2.92. The summed E-state index contributed by atoms with van der Waals surface area (Å²) in [6.45, 7) is 14.3. The van der Waals surface area contributed by atoms with Crippen LogP contribution in [0.4, 0.5) is 0 Å². The van der Waals surface area contributed by atoms with Crippen molar-refractivity contribution >= 4 is 0 Å². The zero-order valence-corrected chi connectivity index (χ0v) is 9.96. The molecule has 0 heterocycles. The van der Waals surface area contributed by atoms with Gasteiger partial charge in [0.2, 0.25) is 0 Å². The van der Waals surface area contributed by atoms with E-state index in [9.17, 15) is 0 Å². The fourth-order valence-corrected chi connectivity index (χ4v) is 1.56. The lowest BCUT2D eigenvalue weighted by atomic mass is 9.92. The minimum atomic E-state index is 0.365. The number of hydrogen-bond acceptors (Lipinski definition) is 0. The molecule has 0 fully saturated rings. The molecule has 0 aliphatic carbocycles. The van der Waals surface area contributed by atoms with E-state index in [-0.39, 0.29) is 0 Å². The van der Waals surface area contributed by atoms with E-state index in [2.05, 4.69) is 58.2 Å². The lowest BCUT2D eigenvalue weighted by Crippen LogP contribution is -1.95. The van der Waals surface area contributed by atoms with Gasteiger partial charge in [-0.05, 0) is 22.6 Å². The first-order chi connectivity index (χ1) is 7.06. The van der Waals surface area contributed by atoms with Crippen molar-refractivity contribution in [1.29, 1.82) is 0 Å². The van der Waals surface area contributed by atoms with Crippen LogP contribution in [0.1, 0.15) is 43.7 Å². The summed E-state index contributed by atoms with van der Waals surface area (Å²) in [5.41, 5.74) is 3.77. The minimum absolute atomic E-state index is 0.365. The predicted molar refractivity (Wildman–Crippen MR) is 68.3 cm³/mol. The van der Waals surface area contributed by atoms with Crippen molar-refractivity contribution < 1.29 is 0 Å². The summed E-state index contributed by atoms with van der Waals surface area (Å²) in [5.74, 6) is 0.959. The Morgan fingerprint density at radius 2 is 1.53 bits per heavy atom. The first-order valence-electron chi connectivity index (χ1n) is 5.47. The van der Waals surface area contributed by atoms with E-state index in [1.807, 2.05) is 6.08 Å². The molecule has 80 valence electrons. The summed E-state index contributed by atoms with van der Waals surface area (Å²) in [6, 6.07) is 8.78. The monoisotopic (exact) mass is 200 g/mol. The molecule has 0 aliphatic heterocycles. The third-order valence-electron chi connectivity index (χ3n) is 2.92. The number of allylic oxidation sites excluding steroid dienone is 2. The standard InChI is InChI=1S/C15H20/c1-6-12(4)13(5)15-9-7-14(8-10-15)11(2)3/h6-11,13H,1,4H2,2-3,5H3. The fraction of sp³-hybridized carbons (Fsp3) is 0.333. The summed E-state index contributed by atoms with van der Waals surface area (Å²) >= 11 is 0. The maximum Gasteiger partial charge on any atom is 0.00549 e. The molecule has 1 unspecified atom stereocenters. The van der Waals surface area contributed by atoms with Gasteiger partial charge in [-0.3, -0.25) is 0 Å². The summed E-state index contributed by atoms with van der Waals surface area (Å²) in [6.07, 6.45) is 1.83. The molecular formula is C15H20. The molecule has 0 radical (unpaired) electrons. The fourth-order valence-electron chi connectivity index (χ4n) is 1.56. The first kappa shape index (κ1) is 11.8. The zero-order valence-electron chi connectivity index (χ0n) is 9.96. The molecule has 0 saturated heterocycles. The van der Waals surface area contributed by atoms with Crippen molar-refractivity contribution in [3.8, 4) is 0 Å². The second kappa shape index (κ2) is 4.97. The quantitative estimate of drug-likeness (QED) is 0.620. The average molecular weight is 200 g/mol. The first-order valence-corrected chi connectivity index (χ1v) is 5.47. The molecular weight excluding hydrogens is 180 g/mol. The van der Waals surface area contributed by atoms with E-state index >= 15 is 0 Å². The number of rotatable bonds is 4. The summed E-state index contributed by atoms with van der Waals surface area (Å²) < 4.78 is 0. The van der Waals surface area contributed by atoms with Crippen molar-refractivity contribution in [2.75, 3.05) is 0 Å². The topological polar surface area (TPSA) is 0 Å². The van der Waals surface area contributed by atoms with Gasteiger partial charge in [-0.1, -0.05) is 64.3 Å². The Balaban J connectivity index is 2.88. The Kier molecular flexibility index (Phi) is 3.90. The molecule has 0 saturated carbocycles. The van der Waals surface area contributed by atoms with Crippen LogP contribution in [0.5, 0.6) is 0 Å². The van der Waals surface area contributed by atoms with Crippen LogP contribution < -0.4 is 0 Å². The van der Waals surface area contributed by atoms with Crippen LogP contribution in [0.25, 0.3) is 0 Å². The molecule has 0 spiro atoms. The second-order valence-electron chi connectivity index (χ2n) is 4.32. The van der Waals surface area contributed by atoms with Gasteiger partial charge < -0.3 is 0 Å². The van der Waals surface area contributed by atoms with Gasteiger partial charge in [0.1, 0.15) is 0 Å². The van der Waals surface area contributed by atoms with Gasteiger partial charge in [0.15, 0.2) is 0 Å². The van der Waals surface area contributed by atoms with Gasteiger partial charge in [-0.2, -0.15) is 0 Å². The van der Waals surface area contributed by atoms with E-state index in [0.29, 0.717) is 11.8 Å². The van der Waals surface area contributed by atoms with E-state index < -0.39 is 0 Å². The second-order valence-corrected chi connectivity index (χ2v) is 4.32. The van der Waals surface area contributed by atoms with Crippen molar-refractivity contribution in [2.24, 2.45) is 0 Å². The molecule has 0 heteroatoms. The van der Waals surface area contributed by atoms with Crippen LogP contribution in [0.3, 0.4) is 0 Å². The van der Waals surface area contributed by atoms with Crippen LogP contribution in [-0.4, -0.2) is 0 Å². The molecule has 0 N–H and O–H groups in total. The van der Waals surface area contributed by atoms with Crippen LogP contribution in [0.15, 0.2) is 49.1 Å². The van der Waals surface area contributed by atoms with Crippen LogP contribution in [0, 0.1) is 0 Å². The maximum atomic E-state index is 3.99. The molecule has 0 bridgehead atoms. The largest absolute Gasteiger partial charge is 0.0988 e. The Bertz CT molecular complexity index is 341. The number of hydrogen-bond donors (Lipinski definition) is 0. The van der Waals surface area contributed by atoms with Crippen molar-refractivity contribution in [3.63, 3.8) is 0 Å². The van der Waals surface area contributed by atoms with E-state index in [1.165, 1.54) is 11.1 Å².